The molecule has 0 bridgehead atoms. The van der Waals surface area contributed by atoms with Crippen LogP contribution in [0.3, 0.4) is 0 Å². The van der Waals surface area contributed by atoms with E-state index in [2.05, 4.69) is 71.5 Å². The molecule has 0 amide bonds. The van der Waals surface area contributed by atoms with Crippen molar-refractivity contribution in [3.05, 3.63) is 83.0 Å². The fraction of sp³-hybridized carbons (Fsp3) is 0.444. The van der Waals surface area contributed by atoms with Crippen molar-refractivity contribution in [2.24, 2.45) is 0 Å². The average Bonchev–Trinajstić information content (AvgIpc) is 3.42. The van der Waals surface area contributed by atoms with E-state index in [9.17, 15) is 9.90 Å². The first-order valence-electron chi connectivity index (χ1n) is 15.4. The molecular formula is C36H44ClN3O4. The number of β-amino-alcohol motifs (C(OH)–C–C–N with tert-alkyl or cyclic N) is 1. The van der Waals surface area contributed by atoms with Crippen molar-refractivity contribution in [3.63, 3.8) is 0 Å². The van der Waals surface area contributed by atoms with E-state index in [0.29, 0.717) is 24.0 Å². The number of aliphatic hydroxyl groups is 1. The summed E-state index contributed by atoms with van der Waals surface area (Å²) >= 11 is 6.64. The van der Waals surface area contributed by atoms with Crippen LogP contribution >= 0.6 is 11.6 Å². The van der Waals surface area contributed by atoms with Crippen LogP contribution in [0.5, 0.6) is 5.75 Å². The predicted molar refractivity (Wildman–Crippen MR) is 177 cm³/mol. The van der Waals surface area contributed by atoms with E-state index < -0.39 is 17.7 Å². The molecule has 1 fully saturated rings. The number of hydrogen-bond acceptors (Lipinski definition) is 7. The molecule has 8 heteroatoms. The van der Waals surface area contributed by atoms with Gasteiger partial charge in [-0.05, 0) is 101 Å². The number of fused-ring (bicyclic) bond motifs is 2. The molecule has 4 aromatic rings. The highest BCUT2D eigenvalue weighted by Crippen LogP contribution is 2.29. The third-order valence-electron chi connectivity index (χ3n) is 8.07. The predicted octanol–water partition coefficient (Wildman–Crippen LogP) is 6.70. The highest BCUT2D eigenvalue weighted by molar-refractivity contribution is 6.30. The van der Waals surface area contributed by atoms with Crippen LogP contribution in [0.25, 0.3) is 21.7 Å². The zero-order chi connectivity index (χ0) is 31.5. The molecule has 2 N–H and O–H groups in total. The number of pyridine rings is 1. The second-order valence-corrected chi connectivity index (χ2v) is 13.9. The van der Waals surface area contributed by atoms with Gasteiger partial charge in [0.05, 0.1) is 11.6 Å². The van der Waals surface area contributed by atoms with E-state index >= 15 is 0 Å². The van der Waals surface area contributed by atoms with Crippen LogP contribution in [0.2, 0.25) is 5.15 Å². The summed E-state index contributed by atoms with van der Waals surface area (Å²) in [5.41, 5.74) is 2.17. The SMILES string of the molecule is CC(C)(Cc1ccc2ccccc2c1)NCC(O)C1CCCN1Cc1cc2cc(OCC(=O)OC(C)(C)C)ccc2nc1Cl. The Bertz CT molecular complexity index is 1620. The van der Waals surface area contributed by atoms with Gasteiger partial charge >= 0.3 is 5.97 Å². The summed E-state index contributed by atoms with van der Waals surface area (Å²) in [4.78, 5) is 19.0. The summed E-state index contributed by atoms with van der Waals surface area (Å²) in [7, 11) is 0. The summed E-state index contributed by atoms with van der Waals surface area (Å²) in [6.45, 7) is 11.7. The van der Waals surface area contributed by atoms with Gasteiger partial charge in [-0.1, -0.05) is 54.1 Å². The van der Waals surface area contributed by atoms with Crippen LogP contribution in [0, 0.1) is 0 Å². The minimum absolute atomic E-state index is 0.0224. The van der Waals surface area contributed by atoms with Gasteiger partial charge in [-0.3, -0.25) is 4.90 Å². The Balaban J connectivity index is 1.20. The smallest absolute Gasteiger partial charge is 0.344 e. The van der Waals surface area contributed by atoms with E-state index in [-0.39, 0.29) is 18.2 Å². The van der Waals surface area contributed by atoms with Crippen molar-refractivity contribution >= 4 is 39.2 Å². The van der Waals surface area contributed by atoms with Gasteiger partial charge in [-0.2, -0.15) is 0 Å². The third kappa shape index (κ3) is 8.48. The Morgan fingerprint density at radius 3 is 2.59 bits per heavy atom. The van der Waals surface area contributed by atoms with Gasteiger partial charge in [-0.25, -0.2) is 9.78 Å². The van der Waals surface area contributed by atoms with Gasteiger partial charge in [0.25, 0.3) is 0 Å². The number of halogens is 1. The molecule has 234 valence electrons. The molecule has 2 heterocycles. The molecule has 44 heavy (non-hydrogen) atoms. The van der Waals surface area contributed by atoms with E-state index in [1.807, 2.05) is 39.0 Å². The van der Waals surface area contributed by atoms with Crippen LogP contribution in [-0.4, -0.2) is 63.9 Å². The normalized spacial score (nSPS) is 16.8. The topological polar surface area (TPSA) is 83.9 Å². The molecule has 1 aliphatic rings. The monoisotopic (exact) mass is 617 g/mol. The average molecular weight is 618 g/mol. The van der Waals surface area contributed by atoms with E-state index in [0.717, 1.165) is 42.3 Å². The van der Waals surface area contributed by atoms with Crippen LogP contribution in [-0.2, 0) is 22.5 Å². The minimum atomic E-state index is -0.565. The Hall–Kier alpha value is -3.23. The number of aromatic nitrogens is 1. The molecule has 2 atom stereocenters. The lowest BCUT2D eigenvalue weighted by atomic mass is 9.93. The first kappa shape index (κ1) is 32.2. The largest absolute Gasteiger partial charge is 0.482 e. The zero-order valence-electron chi connectivity index (χ0n) is 26.4. The summed E-state index contributed by atoms with van der Waals surface area (Å²) in [5.74, 6) is 0.142. The van der Waals surface area contributed by atoms with Crippen molar-refractivity contribution in [3.8, 4) is 5.75 Å². The third-order valence-corrected chi connectivity index (χ3v) is 8.40. The number of ether oxygens (including phenoxy) is 2. The number of benzene rings is 3. The van der Waals surface area contributed by atoms with Crippen LogP contribution in [0.15, 0.2) is 66.7 Å². The van der Waals surface area contributed by atoms with Gasteiger partial charge < -0.3 is 19.9 Å². The Labute approximate surface area is 265 Å². The quantitative estimate of drug-likeness (QED) is 0.143. The number of carbonyl (C=O) groups excluding carboxylic acids is 1. The van der Waals surface area contributed by atoms with Gasteiger partial charge in [0, 0.05) is 35.6 Å². The fourth-order valence-corrected chi connectivity index (χ4v) is 6.24. The van der Waals surface area contributed by atoms with E-state index in [1.165, 1.54) is 16.3 Å². The van der Waals surface area contributed by atoms with Gasteiger partial charge in [-0.15, -0.1) is 0 Å². The minimum Gasteiger partial charge on any atom is -0.482 e. The van der Waals surface area contributed by atoms with E-state index in [1.54, 1.807) is 6.07 Å². The highest BCUT2D eigenvalue weighted by Gasteiger charge is 2.32. The maximum atomic E-state index is 12.1. The molecule has 0 aliphatic carbocycles. The number of likely N-dealkylation sites (tertiary alicyclic amines) is 1. The van der Waals surface area contributed by atoms with Gasteiger partial charge in [0.1, 0.15) is 16.5 Å². The summed E-state index contributed by atoms with van der Waals surface area (Å²) in [6.07, 6.45) is 2.29. The van der Waals surface area contributed by atoms with Crippen molar-refractivity contribution < 1.29 is 19.4 Å². The number of nitrogens with one attached hydrogen (secondary N) is 1. The Morgan fingerprint density at radius 1 is 1.05 bits per heavy atom. The molecule has 0 radical (unpaired) electrons. The molecule has 7 nitrogen and oxygen atoms in total. The van der Waals surface area contributed by atoms with Gasteiger partial charge in [0.2, 0.25) is 0 Å². The van der Waals surface area contributed by atoms with Gasteiger partial charge in [0.15, 0.2) is 6.61 Å². The summed E-state index contributed by atoms with van der Waals surface area (Å²) in [5, 5.41) is 18.8. The highest BCUT2D eigenvalue weighted by atomic mass is 35.5. The Morgan fingerprint density at radius 2 is 1.82 bits per heavy atom. The van der Waals surface area contributed by atoms with Crippen LogP contribution in [0.1, 0.15) is 58.6 Å². The molecule has 0 spiro atoms. The second-order valence-electron chi connectivity index (χ2n) is 13.5. The molecule has 2 unspecified atom stereocenters. The lowest BCUT2D eigenvalue weighted by Gasteiger charge is -2.33. The number of nitrogens with zero attached hydrogens (tertiary/aromatic N) is 2. The molecular weight excluding hydrogens is 574 g/mol. The molecule has 1 aliphatic heterocycles. The van der Waals surface area contributed by atoms with E-state index in [4.69, 9.17) is 21.1 Å². The number of aliphatic hydroxyl groups excluding tert-OH is 1. The maximum Gasteiger partial charge on any atom is 0.344 e. The van der Waals surface area contributed by atoms with Crippen molar-refractivity contribution in [1.82, 2.24) is 15.2 Å². The Kier molecular flexibility index (Phi) is 9.80. The molecule has 1 saturated heterocycles. The fourth-order valence-electron chi connectivity index (χ4n) is 6.03. The van der Waals surface area contributed by atoms with Crippen molar-refractivity contribution in [1.29, 1.82) is 0 Å². The molecule has 1 aromatic heterocycles. The number of carbonyl (C=O) groups is 1. The molecule has 5 rings (SSSR count). The lowest BCUT2D eigenvalue weighted by molar-refractivity contribution is -0.157. The molecule has 0 saturated carbocycles. The zero-order valence-corrected chi connectivity index (χ0v) is 27.2. The van der Waals surface area contributed by atoms with Crippen LogP contribution < -0.4 is 10.1 Å². The van der Waals surface area contributed by atoms with Crippen molar-refractivity contribution in [2.45, 2.75) is 83.7 Å². The van der Waals surface area contributed by atoms with Crippen molar-refractivity contribution in [2.75, 3.05) is 19.7 Å². The summed E-state index contributed by atoms with van der Waals surface area (Å²) in [6, 6.07) is 22.6. The second kappa shape index (κ2) is 13.4. The first-order valence-corrected chi connectivity index (χ1v) is 15.8. The standard InChI is InChI=1S/C36H44ClN3O4/c1-35(2,3)44-33(42)23-43-29-14-15-30-27(19-29)18-28(34(37)39-30)22-40-16-8-11-31(40)32(41)21-38-36(4,5)20-24-12-13-25-9-6-7-10-26(25)17-24/h6-7,9-10,12-15,17-19,31-32,38,41H,8,11,16,20-23H2,1-5H3. The number of rotatable bonds is 11. The number of esters is 1. The lowest BCUT2D eigenvalue weighted by Crippen LogP contribution is -2.50. The maximum absolute atomic E-state index is 12.1. The van der Waals surface area contributed by atoms with Crippen LogP contribution in [0.4, 0.5) is 0 Å². The molecule has 3 aromatic carbocycles. The first-order chi connectivity index (χ1) is 20.8. The summed E-state index contributed by atoms with van der Waals surface area (Å²) < 4.78 is 11.0. The number of hydrogen-bond donors (Lipinski definition) is 2.